The average Bonchev–Trinajstić information content (AvgIpc) is 2.60. The Morgan fingerprint density at radius 3 is 2.81 bits per heavy atom. The highest BCUT2D eigenvalue weighted by molar-refractivity contribution is 6.30. The van der Waals surface area contributed by atoms with Gasteiger partial charge < -0.3 is 9.63 Å². The predicted octanol–water partition coefficient (Wildman–Crippen LogP) is 1.99. The van der Waals surface area contributed by atoms with E-state index in [1.165, 1.54) is 6.07 Å². The van der Waals surface area contributed by atoms with Crippen LogP contribution in [0.2, 0.25) is 5.02 Å². The number of carbonyl (C=O) groups is 1. The van der Waals surface area contributed by atoms with Gasteiger partial charge in [0.15, 0.2) is 11.3 Å². The fourth-order valence-electron chi connectivity index (χ4n) is 1.33. The largest absolute Gasteiger partial charge is 0.477 e. The lowest BCUT2D eigenvalue weighted by molar-refractivity contribution is 0.0696. The van der Waals surface area contributed by atoms with Crippen molar-refractivity contribution in [2.24, 2.45) is 0 Å². The second-order valence-electron chi connectivity index (χ2n) is 3.05. The van der Waals surface area contributed by atoms with Crippen LogP contribution in [-0.4, -0.2) is 16.2 Å². The molecular weight excluding hydrogens is 234 g/mol. The van der Waals surface area contributed by atoms with Gasteiger partial charge in [0.25, 0.3) is 5.56 Å². The van der Waals surface area contributed by atoms with Crippen LogP contribution in [0.15, 0.2) is 33.6 Å². The topological polar surface area (TPSA) is 83.3 Å². The van der Waals surface area contributed by atoms with Gasteiger partial charge in [-0.15, -0.1) is 0 Å². The van der Waals surface area contributed by atoms with Gasteiger partial charge in [0.2, 0.25) is 0 Å². The Bertz CT molecular complexity index is 599. The molecule has 0 bridgehead atoms. The van der Waals surface area contributed by atoms with Crippen LogP contribution in [0.25, 0.3) is 11.3 Å². The number of nitrogens with one attached hydrogen (secondary N) is 1. The molecule has 1 aromatic heterocycles. The number of carboxylic acids is 1. The minimum absolute atomic E-state index is 0.0278. The lowest BCUT2D eigenvalue weighted by Crippen LogP contribution is -2.12. The minimum atomic E-state index is -1.34. The highest BCUT2D eigenvalue weighted by Crippen LogP contribution is 2.24. The summed E-state index contributed by atoms with van der Waals surface area (Å²) in [5.41, 5.74) is -0.770. The monoisotopic (exact) mass is 239 g/mol. The number of aromatic carboxylic acids is 1. The Labute approximate surface area is 94.2 Å². The zero-order valence-electron chi connectivity index (χ0n) is 7.86. The van der Waals surface area contributed by atoms with E-state index in [9.17, 15) is 9.59 Å². The highest BCUT2D eigenvalue weighted by Gasteiger charge is 2.21. The van der Waals surface area contributed by atoms with Gasteiger partial charge in [0.1, 0.15) is 0 Å². The van der Waals surface area contributed by atoms with Gasteiger partial charge in [-0.05, 0) is 12.1 Å². The molecule has 2 rings (SSSR count). The van der Waals surface area contributed by atoms with Crippen LogP contribution in [-0.2, 0) is 0 Å². The summed E-state index contributed by atoms with van der Waals surface area (Å²) in [6.07, 6.45) is 0. The summed E-state index contributed by atoms with van der Waals surface area (Å²) < 4.78 is 4.82. The quantitative estimate of drug-likeness (QED) is 0.839. The Hall–Kier alpha value is -2.01. The molecule has 0 saturated heterocycles. The van der Waals surface area contributed by atoms with E-state index < -0.39 is 17.1 Å². The molecule has 82 valence electrons. The summed E-state index contributed by atoms with van der Waals surface area (Å²) in [4.78, 5) is 22.0. The summed E-state index contributed by atoms with van der Waals surface area (Å²) in [6, 6.07) is 6.39. The zero-order valence-corrected chi connectivity index (χ0v) is 8.62. The van der Waals surface area contributed by atoms with Crippen LogP contribution in [0, 0.1) is 0 Å². The predicted molar refractivity (Wildman–Crippen MR) is 56.7 cm³/mol. The van der Waals surface area contributed by atoms with Gasteiger partial charge in [-0.2, -0.15) is 5.16 Å². The van der Waals surface area contributed by atoms with E-state index in [4.69, 9.17) is 21.2 Å². The van der Waals surface area contributed by atoms with Gasteiger partial charge in [-0.1, -0.05) is 23.7 Å². The molecule has 5 nitrogen and oxygen atoms in total. The molecule has 0 saturated carbocycles. The molecule has 0 spiro atoms. The standard InChI is InChI=1S/C10H6ClNO4/c11-6-3-1-2-5(4-6)8-7(10(14)15)9(13)12-16-8/h1-4H,(H,12,13)(H,14,15). The van der Waals surface area contributed by atoms with E-state index in [0.717, 1.165) is 0 Å². The fourth-order valence-corrected chi connectivity index (χ4v) is 1.52. The lowest BCUT2D eigenvalue weighted by atomic mass is 10.1. The first-order valence-electron chi connectivity index (χ1n) is 4.30. The van der Waals surface area contributed by atoms with Crippen LogP contribution in [0.5, 0.6) is 0 Å². The number of hydrogen-bond acceptors (Lipinski definition) is 3. The molecule has 0 radical (unpaired) electrons. The average molecular weight is 240 g/mol. The molecule has 0 atom stereocenters. The molecule has 2 N–H and O–H groups in total. The molecule has 0 aliphatic rings. The molecule has 6 heteroatoms. The third-order valence-corrected chi connectivity index (χ3v) is 2.24. The second kappa shape index (κ2) is 3.86. The van der Waals surface area contributed by atoms with Crippen molar-refractivity contribution in [3.05, 3.63) is 45.2 Å². The van der Waals surface area contributed by atoms with Crippen molar-refractivity contribution in [3.63, 3.8) is 0 Å². The van der Waals surface area contributed by atoms with Crippen molar-refractivity contribution in [1.82, 2.24) is 5.16 Å². The van der Waals surface area contributed by atoms with Crippen LogP contribution < -0.4 is 5.56 Å². The van der Waals surface area contributed by atoms with E-state index in [2.05, 4.69) is 0 Å². The maximum atomic E-state index is 11.2. The Morgan fingerprint density at radius 1 is 1.44 bits per heavy atom. The number of H-pyrrole nitrogens is 1. The van der Waals surface area contributed by atoms with Crippen molar-refractivity contribution in [2.45, 2.75) is 0 Å². The molecular formula is C10H6ClNO4. The van der Waals surface area contributed by atoms with Crippen molar-refractivity contribution < 1.29 is 14.4 Å². The third kappa shape index (κ3) is 1.72. The lowest BCUT2D eigenvalue weighted by Gasteiger charge is -1.97. The van der Waals surface area contributed by atoms with Gasteiger partial charge >= 0.3 is 5.97 Å². The maximum absolute atomic E-state index is 11.2. The molecule has 0 aliphatic carbocycles. The van der Waals surface area contributed by atoms with Crippen LogP contribution in [0.1, 0.15) is 10.4 Å². The first kappa shape index (κ1) is 10.5. The van der Waals surface area contributed by atoms with Gasteiger partial charge in [-0.3, -0.25) is 4.79 Å². The molecule has 2 aromatic rings. The second-order valence-corrected chi connectivity index (χ2v) is 3.49. The number of aromatic amines is 1. The smallest absolute Gasteiger partial charge is 0.345 e. The van der Waals surface area contributed by atoms with E-state index in [1.54, 1.807) is 18.2 Å². The van der Waals surface area contributed by atoms with E-state index in [1.807, 2.05) is 5.16 Å². The summed E-state index contributed by atoms with van der Waals surface area (Å²) in [7, 11) is 0. The summed E-state index contributed by atoms with van der Waals surface area (Å²) >= 11 is 5.76. The summed E-state index contributed by atoms with van der Waals surface area (Å²) in [5, 5.41) is 11.3. The number of rotatable bonds is 2. The van der Waals surface area contributed by atoms with Crippen LogP contribution in [0.4, 0.5) is 0 Å². The maximum Gasteiger partial charge on any atom is 0.345 e. The number of carboxylic acid groups (broad SMARTS) is 1. The minimum Gasteiger partial charge on any atom is -0.477 e. The molecule has 0 unspecified atom stereocenters. The molecule has 16 heavy (non-hydrogen) atoms. The van der Waals surface area contributed by atoms with Crippen molar-refractivity contribution >= 4 is 17.6 Å². The van der Waals surface area contributed by atoms with Gasteiger partial charge in [0, 0.05) is 10.6 Å². The van der Waals surface area contributed by atoms with Crippen molar-refractivity contribution in [2.75, 3.05) is 0 Å². The zero-order chi connectivity index (χ0) is 11.7. The first-order chi connectivity index (χ1) is 7.59. The van der Waals surface area contributed by atoms with Crippen LogP contribution in [0.3, 0.4) is 0 Å². The number of aromatic nitrogens is 1. The van der Waals surface area contributed by atoms with Gasteiger partial charge in [0.05, 0.1) is 0 Å². The third-order valence-electron chi connectivity index (χ3n) is 2.00. The van der Waals surface area contributed by atoms with Crippen LogP contribution >= 0.6 is 11.6 Å². The van der Waals surface area contributed by atoms with Crippen molar-refractivity contribution in [3.8, 4) is 11.3 Å². The van der Waals surface area contributed by atoms with E-state index >= 15 is 0 Å². The van der Waals surface area contributed by atoms with E-state index in [0.29, 0.717) is 10.6 Å². The first-order valence-corrected chi connectivity index (χ1v) is 4.68. The molecule has 1 aromatic carbocycles. The molecule has 0 aliphatic heterocycles. The molecule has 0 fully saturated rings. The highest BCUT2D eigenvalue weighted by atomic mass is 35.5. The Balaban J connectivity index is 2.65. The fraction of sp³-hybridized carbons (Fsp3) is 0. The Morgan fingerprint density at radius 2 is 2.19 bits per heavy atom. The van der Waals surface area contributed by atoms with Gasteiger partial charge in [-0.25, -0.2) is 4.79 Å². The number of hydrogen-bond donors (Lipinski definition) is 2. The number of halogens is 1. The molecule has 1 heterocycles. The molecule has 0 amide bonds. The Kier molecular flexibility index (Phi) is 2.54. The van der Waals surface area contributed by atoms with E-state index in [-0.39, 0.29) is 5.76 Å². The SMILES string of the molecule is O=C(O)c1c(-c2cccc(Cl)c2)o[nH]c1=O. The summed E-state index contributed by atoms with van der Waals surface area (Å²) in [5.74, 6) is -1.37. The van der Waals surface area contributed by atoms with Crippen molar-refractivity contribution in [1.29, 1.82) is 0 Å². The summed E-state index contributed by atoms with van der Waals surface area (Å²) in [6.45, 7) is 0. The normalized spacial score (nSPS) is 10.3. The number of benzene rings is 1.